The second-order valence-electron chi connectivity index (χ2n) is 5.33. The molecule has 0 aliphatic heterocycles. The third kappa shape index (κ3) is 8.58. The number of alkyl carbamates (subject to hydrolysis) is 1. The summed E-state index contributed by atoms with van der Waals surface area (Å²) >= 11 is 0. The molecule has 0 aliphatic rings. The highest BCUT2D eigenvalue weighted by Crippen LogP contribution is 2.08. The molecule has 0 aromatic rings. The maximum absolute atomic E-state index is 11.6. The summed E-state index contributed by atoms with van der Waals surface area (Å²) in [7, 11) is 0. The van der Waals surface area contributed by atoms with E-state index in [0.717, 1.165) is 0 Å². The fourth-order valence-electron chi connectivity index (χ4n) is 1.21. The van der Waals surface area contributed by atoms with Crippen LogP contribution in [0.25, 0.3) is 0 Å². The average Bonchev–Trinajstić information content (AvgIpc) is 2.13. The van der Waals surface area contributed by atoms with E-state index in [2.05, 4.69) is 16.6 Å². The van der Waals surface area contributed by atoms with Gasteiger partial charge in [-0.1, -0.05) is 19.8 Å². The highest BCUT2D eigenvalue weighted by molar-refractivity contribution is 5.68. The monoisotopic (exact) mass is 240 g/mol. The first kappa shape index (κ1) is 15.8. The van der Waals surface area contributed by atoms with Gasteiger partial charge >= 0.3 is 6.09 Å². The largest absolute Gasteiger partial charge is 0.444 e. The number of rotatable bonds is 5. The van der Waals surface area contributed by atoms with Gasteiger partial charge in [0, 0.05) is 12.6 Å². The van der Waals surface area contributed by atoms with Crippen molar-refractivity contribution in [2.45, 2.75) is 46.3 Å². The van der Waals surface area contributed by atoms with Gasteiger partial charge in [-0.2, -0.15) is 0 Å². The standard InChI is InChI=1S/C13H24N2O2/c1-7-8-14-9-11(10(2)3)15-12(16)17-13(4,5)6/h1,10-11,14H,8-9H2,2-6H3,(H,15,16). The highest BCUT2D eigenvalue weighted by Gasteiger charge is 2.20. The van der Waals surface area contributed by atoms with Gasteiger partial charge in [0.15, 0.2) is 0 Å². The van der Waals surface area contributed by atoms with Gasteiger partial charge in [-0.3, -0.25) is 0 Å². The van der Waals surface area contributed by atoms with Gasteiger partial charge < -0.3 is 15.4 Å². The Morgan fingerprint density at radius 2 is 2.00 bits per heavy atom. The third-order valence-corrected chi connectivity index (χ3v) is 2.10. The summed E-state index contributed by atoms with van der Waals surface area (Å²) in [6, 6.07) is 0.0122. The Balaban J connectivity index is 4.17. The van der Waals surface area contributed by atoms with E-state index in [1.165, 1.54) is 0 Å². The quantitative estimate of drug-likeness (QED) is 0.568. The number of hydrogen-bond donors (Lipinski definition) is 2. The van der Waals surface area contributed by atoms with Crippen molar-refractivity contribution < 1.29 is 9.53 Å². The summed E-state index contributed by atoms with van der Waals surface area (Å²) < 4.78 is 5.21. The fourth-order valence-corrected chi connectivity index (χ4v) is 1.21. The number of carbonyl (C=O) groups is 1. The normalized spacial score (nSPS) is 13.0. The molecule has 0 aromatic carbocycles. The van der Waals surface area contributed by atoms with Gasteiger partial charge in [0.2, 0.25) is 0 Å². The second-order valence-corrected chi connectivity index (χ2v) is 5.33. The molecule has 1 unspecified atom stereocenters. The van der Waals surface area contributed by atoms with Gasteiger partial charge in [0.1, 0.15) is 5.60 Å². The van der Waals surface area contributed by atoms with Crippen LogP contribution in [-0.2, 0) is 4.74 Å². The van der Waals surface area contributed by atoms with E-state index in [-0.39, 0.29) is 6.04 Å². The Morgan fingerprint density at radius 3 is 2.41 bits per heavy atom. The second kappa shape index (κ2) is 7.18. The first-order chi connectivity index (χ1) is 7.76. The van der Waals surface area contributed by atoms with E-state index in [9.17, 15) is 4.79 Å². The van der Waals surface area contributed by atoms with E-state index in [4.69, 9.17) is 11.2 Å². The molecular formula is C13H24N2O2. The van der Waals surface area contributed by atoms with Crippen molar-refractivity contribution in [3.8, 4) is 12.3 Å². The highest BCUT2D eigenvalue weighted by atomic mass is 16.6. The van der Waals surface area contributed by atoms with Gasteiger partial charge in [-0.05, 0) is 26.7 Å². The summed E-state index contributed by atoms with van der Waals surface area (Å²) in [4.78, 5) is 11.6. The van der Waals surface area contributed by atoms with Crippen LogP contribution in [0, 0.1) is 18.3 Å². The zero-order valence-electron chi connectivity index (χ0n) is 11.5. The molecule has 0 bridgehead atoms. The molecule has 1 amide bonds. The molecule has 0 aliphatic carbocycles. The topological polar surface area (TPSA) is 50.4 Å². The summed E-state index contributed by atoms with van der Waals surface area (Å²) in [5, 5.41) is 5.92. The first-order valence-corrected chi connectivity index (χ1v) is 5.90. The summed E-state index contributed by atoms with van der Waals surface area (Å²) in [5.41, 5.74) is -0.474. The van der Waals surface area contributed by atoms with E-state index in [1.54, 1.807) is 0 Å². The van der Waals surface area contributed by atoms with Crippen LogP contribution in [0.3, 0.4) is 0 Å². The lowest BCUT2D eigenvalue weighted by atomic mass is 10.0. The van der Waals surface area contributed by atoms with Crippen LogP contribution in [0.15, 0.2) is 0 Å². The van der Waals surface area contributed by atoms with Crippen molar-refractivity contribution >= 4 is 6.09 Å². The molecule has 0 radical (unpaired) electrons. The number of ether oxygens (including phenoxy) is 1. The van der Waals surface area contributed by atoms with Crippen molar-refractivity contribution in [2.24, 2.45) is 5.92 Å². The molecule has 0 fully saturated rings. The van der Waals surface area contributed by atoms with Gasteiger partial charge in [-0.25, -0.2) is 4.79 Å². The number of carbonyl (C=O) groups excluding carboxylic acids is 1. The maximum atomic E-state index is 11.6. The molecule has 0 aromatic heterocycles. The Bertz CT molecular complexity index is 274. The molecule has 0 saturated carbocycles. The first-order valence-electron chi connectivity index (χ1n) is 5.90. The molecule has 2 N–H and O–H groups in total. The van der Waals surface area contributed by atoms with Crippen molar-refractivity contribution in [2.75, 3.05) is 13.1 Å². The molecule has 0 rings (SSSR count). The van der Waals surface area contributed by atoms with Gasteiger partial charge in [-0.15, -0.1) is 6.42 Å². The Kier molecular flexibility index (Phi) is 6.67. The van der Waals surface area contributed by atoms with Crippen LogP contribution in [0.4, 0.5) is 4.79 Å². The molecule has 98 valence electrons. The fraction of sp³-hybridized carbons (Fsp3) is 0.769. The van der Waals surface area contributed by atoms with Crippen molar-refractivity contribution in [3.63, 3.8) is 0 Å². The van der Waals surface area contributed by atoms with E-state index in [0.29, 0.717) is 19.0 Å². The molecule has 4 heteroatoms. The summed E-state index contributed by atoms with van der Waals surface area (Å²) in [6.45, 7) is 10.7. The smallest absolute Gasteiger partial charge is 0.407 e. The minimum Gasteiger partial charge on any atom is -0.444 e. The third-order valence-electron chi connectivity index (χ3n) is 2.10. The van der Waals surface area contributed by atoms with Crippen LogP contribution >= 0.6 is 0 Å². The number of amides is 1. The van der Waals surface area contributed by atoms with Crippen LogP contribution in [-0.4, -0.2) is 30.8 Å². The Hall–Kier alpha value is -1.21. The molecule has 1 atom stereocenters. The minimum atomic E-state index is -0.474. The Morgan fingerprint density at radius 1 is 1.41 bits per heavy atom. The van der Waals surface area contributed by atoms with E-state index in [1.807, 2.05) is 34.6 Å². The maximum Gasteiger partial charge on any atom is 0.407 e. The van der Waals surface area contributed by atoms with Crippen LogP contribution in [0.2, 0.25) is 0 Å². The van der Waals surface area contributed by atoms with Gasteiger partial charge in [0.05, 0.1) is 6.54 Å². The predicted molar refractivity (Wildman–Crippen MR) is 69.7 cm³/mol. The Labute approximate surface area is 104 Å². The lowest BCUT2D eigenvalue weighted by Gasteiger charge is -2.25. The zero-order valence-corrected chi connectivity index (χ0v) is 11.5. The van der Waals surface area contributed by atoms with Crippen LogP contribution in [0.1, 0.15) is 34.6 Å². The molecule has 0 spiro atoms. The predicted octanol–water partition coefficient (Wildman–Crippen LogP) is 1.76. The number of hydrogen-bond acceptors (Lipinski definition) is 3. The van der Waals surface area contributed by atoms with Gasteiger partial charge in [0.25, 0.3) is 0 Å². The van der Waals surface area contributed by atoms with E-state index >= 15 is 0 Å². The number of terminal acetylenes is 1. The average molecular weight is 240 g/mol. The molecule has 4 nitrogen and oxygen atoms in total. The lowest BCUT2D eigenvalue weighted by Crippen LogP contribution is -2.47. The van der Waals surface area contributed by atoms with Crippen LogP contribution < -0.4 is 10.6 Å². The SMILES string of the molecule is C#CCNCC(NC(=O)OC(C)(C)C)C(C)C. The molecular weight excluding hydrogens is 216 g/mol. The van der Waals surface area contributed by atoms with Crippen molar-refractivity contribution in [3.05, 3.63) is 0 Å². The van der Waals surface area contributed by atoms with Crippen molar-refractivity contribution in [1.82, 2.24) is 10.6 Å². The summed E-state index contributed by atoms with van der Waals surface area (Å²) in [6.07, 6.45) is 4.76. The molecule has 17 heavy (non-hydrogen) atoms. The van der Waals surface area contributed by atoms with Crippen LogP contribution in [0.5, 0.6) is 0 Å². The summed E-state index contributed by atoms with van der Waals surface area (Å²) in [5.74, 6) is 2.81. The molecule has 0 heterocycles. The van der Waals surface area contributed by atoms with Crippen molar-refractivity contribution in [1.29, 1.82) is 0 Å². The van der Waals surface area contributed by atoms with E-state index < -0.39 is 11.7 Å². The number of nitrogens with one attached hydrogen (secondary N) is 2. The molecule has 0 saturated heterocycles. The zero-order chi connectivity index (χ0) is 13.5. The minimum absolute atomic E-state index is 0.0122. The lowest BCUT2D eigenvalue weighted by molar-refractivity contribution is 0.0490.